The molecule has 108 valence electrons. The maximum absolute atomic E-state index is 11.2. The first-order valence-corrected chi connectivity index (χ1v) is 6.19. The minimum absolute atomic E-state index is 0.0990. The van der Waals surface area contributed by atoms with Gasteiger partial charge in [-0.25, -0.2) is 9.80 Å². The van der Waals surface area contributed by atoms with Gasteiger partial charge in [-0.1, -0.05) is 0 Å². The quantitative estimate of drug-likeness (QED) is 0.623. The molecule has 1 aliphatic heterocycles. The van der Waals surface area contributed by atoms with E-state index >= 15 is 0 Å². The van der Waals surface area contributed by atoms with Gasteiger partial charge in [0.1, 0.15) is 0 Å². The van der Waals surface area contributed by atoms with Crippen molar-refractivity contribution in [2.45, 2.75) is 0 Å². The van der Waals surface area contributed by atoms with Gasteiger partial charge in [-0.3, -0.25) is 10.1 Å². The molecule has 20 heavy (non-hydrogen) atoms. The number of hydrogen-bond donors (Lipinski definition) is 2. The smallest absolute Gasteiger partial charge is 0.338 e. The molecule has 0 bridgehead atoms. The van der Waals surface area contributed by atoms with Crippen LogP contribution in [0.15, 0.2) is 18.2 Å². The van der Waals surface area contributed by atoms with Crippen LogP contribution in [-0.4, -0.2) is 59.1 Å². The largest absolute Gasteiger partial charge is 0.478 e. The molecule has 2 rings (SSSR count). The van der Waals surface area contributed by atoms with E-state index in [1.165, 1.54) is 12.1 Å². The van der Waals surface area contributed by atoms with Crippen molar-refractivity contribution in [1.29, 1.82) is 0 Å². The number of piperazine rings is 1. The Balaban J connectivity index is 2.18. The van der Waals surface area contributed by atoms with E-state index in [4.69, 9.17) is 5.11 Å². The molecule has 0 radical (unpaired) electrons. The Kier molecular flexibility index (Phi) is 4.16. The van der Waals surface area contributed by atoms with Gasteiger partial charge in [0.05, 0.1) is 16.2 Å². The SMILES string of the molecule is CN1CCN(Nc2ccc([N+](=O)[O-])cc2C(=O)O)CC1. The first-order chi connectivity index (χ1) is 9.47. The Morgan fingerprint density at radius 1 is 1.35 bits per heavy atom. The molecule has 1 aliphatic rings. The number of carbonyl (C=O) groups is 1. The summed E-state index contributed by atoms with van der Waals surface area (Å²) in [6.45, 7) is 3.27. The third-order valence-corrected chi connectivity index (χ3v) is 3.23. The van der Waals surface area contributed by atoms with Crippen molar-refractivity contribution >= 4 is 17.3 Å². The minimum Gasteiger partial charge on any atom is -0.478 e. The number of hydrazine groups is 1. The third-order valence-electron chi connectivity index (χ3n) is 3.23. The number of non-ortho nitro benzene ring substituents is 1. The maximum Gasteiger partial charge on any atom is 0.338 e. The lowest BCUT2D eigenvalue weighted by Gasteiger charge is -2.33. The van der Waals surface area contributed by atoms with Gasteiger partial charge < -0.3 is 15.4 Å². The summed E-state index contributed by atoms with van der Waals surface area (Å²) in [5.41, 5.74) is 3.06. The molecular weight excluding hydrogens is 264 g/mol. The van der Waals surface area contributed by atoms with Gasteiger partial charge in [0, 0.05) is 38.3 Å². The van der Waals surface area contributed by atoms with Crippen LogP contribution in [0.1, 0.15) is 10.4 Å². The Morgan fingerprint density at radius 2 is 2.00 bits per heavy atom. The Hall–Kier alpha value is -2.19. The molecule has 0 atom stereocenters. The number of nitrogens with zero attached hydrogens (tertiary/aromatic N) is 3. The summed E-state index contributed by atoms with van der Waals surface area (Å²) in [4.78, 5) is 23.5. The van der Waals surface area contributed by atoms with E-state index in [9.17, 15) is 14.9 Å². The van der Waals surface area contributed by atoms with Crippen molar-refractivity contribution in [3.63, 3.8) is 0 Å². The summed E-state index contributed by atoms with van der Waals surface area (Å²) in [6.07, 6.45) is 0. The van der Waals surface area contributed by atoms with E-state index in [0.717, 1.165) is 32.2 Å². The number of aromatic carboxylic acids is 1. The van der Waals surface area contributed by atoms with E-state index in [-0.39, 0.29) is 11.3 Å². The van der Waals surface area contributed by atoms with E-state index in [1.807, 2.05) is 12.1 Å². The Morgan fingerprint density at radius 3 is 2.55 bits per heavy atom. The number of hydrogen-bond acceptors (Lipinski definition) is 6. The van der Waals surface area contributed by atoms with Crippen molar-refractivity contribution in [1.82, 2.24) is 9.91 Å². The topological polar surface area (TPSA) is 99.0 Å². The number of carboxylic acids is 1. The molecule has 8 heteroatoms. The average molecular weight is 280 g/mol. The third kappa shape index (κ3) is 3.22. The fraction of sp³-hybridized carbons (Fsp3) is 0.417. The maximum atomic E-state index is 11.2. The predicted molar refractivity (Wildman–Crippen MR) is 72.7 cm³/mol. The molecular formula is C12H16N4O4. The number of likely N-dealkylation sites (N-methyl/N-ethyl adjacent to an activating group) is 1. The zero-order chi connectivity index (χ0) is 14.7. The van der Waals surface area contributed by atoms with Gasteiger partial charge in [-0.05, 0) is 13.1 Å². The molecule has 1 saturated heterocycles. The van der Waals surface area contributed by atoms with Crippen molar-refractivity contribution < 1.29 is 14.8 Å². The summed E-state index contributed by atoms with van der Waals surface area (Å²) >= 11 is 0. The first-order valence-electron chi connectivity index (χ1n) is 6.19. The minimum atomic E-state index is -1.19. The van der Waals surface area contributed by atoms with Crippen LogP contribution in [-0.2, 0) is 0 Å². The van der Waals surface area contributed by atoms with Gasteiger partial charge in [-0.2, -0.15) is 0 Å². The Bertz CT molecular complexity index is 526. The summed E-state index contributed by atoms with van der Waals surface area (Å²) in [7, 11) is 2.02. The van der Waals surface area contributed by atoms with Crippen LogP contribution >= 0.6 is 0 Å². The molecule has 0 unspecified atom stereocenters. The Labute approximate surface area is 115 Å². The molecule has 0 spiro atoms. The van der Waals surface area contributed by atoms with Gasteiger partial charge in [-0.15, -0.1) is 0 Å². The highest BCUT2D eigenvalue weighted by Crippen LogP contribution is 2.23. The summed E-state index contributed by atoms with van der Waals surface area (Å²) < 4.78 is 0. The van der Waals surface area contributed by atoms with E-state index in [2.05, 4.69) is 10.3 Å². The summed E-state index contributed by atoms with van der Waals surface area (Å²) in [6, 6.07) is 3.80. The number of carboxylic acid groups (broad SMARTS) is 1. The second-order valence-electron chi connectivity index (χ2n) is 4.69. The normalized spacial score (nSPS) is 16.9. The number of benzene rings is 1. The molecule has 8 nitrogen and oxygen atoms in total. The highest BCUT2D eigenvalue weighted by atomic mass is 16.6. The number of nitro groups is 1. The van der Waals surface area contributed by atoms with Crippen LogP contribution in [0.4, 0.5) is 11.4 Å². The number of anilines is 1. The van der Waals surface area contributed by atoms with Gasteiger partial charge >= 0.3 is 5.97 Å². The van der Waals surface area contributed by atoms with Crippen LogP contribution in [0.2, 0.25) is 0 Å². The molecule has 0 aromatic heterocycles. The van der Waals surface area contributed by atoms with Gasteiger partial charge in [0.25, 0.3) is 5.69 Å². The molecule has 0 amide bonds. The van der Waals surface area contributed by atoms with Crippen LogP contribution in [0.3, 0.4) is 0 Å². The highest BCUT2D eigenvalue weighted by Gasteiger charge is 2.19. The molecule has 1 aromatic rings. The van der Waals surface area contributed by atoms with Gasteiger partial charge in [0.15, 0.2) is 0 Å². The lowest BCUT2D eigenvalue weighted by molar-refractivity contribution is -0.384. The summed E-state index contributed by atoms with van der Waals surface area (Å²) in [5, 5.41) is 21.8. The zero-order valence-electron chi connectivity index (χ0n) is 11.1. The lowest BCUT2D eigenvalue weighted by Crippen LogP contribution is -2.47. The number of nitro benzene ring substituents is 1. The van der Waals surface area contributed by atoms with Crippen LogP contribution in [0.5, 0.6) is 0 Å². The van der Waals surface area contributed by atoms with E-state index < -0.39 is 10.9 Å². The summed E-state index contributed by atoms with van der Waals surface area (Å²) in [5.74, 6) is -1.19. The average Bonchev–Trinajstić information content (AvgIpc) is 2.41. The highest BCUT2D eigenvalue weighted by molar-refractivity contribution is 5.95. The van der Waals surface area contributed by atoms with Crippen molar-refractivity contribution in [3.05, 3.63) is 33.9 Å². The second kappa shape index (κ2) is 5.85. The molecule has 2 N–H and O–H groups in total. The van der Waals surface area contributed by atoms with Gasteiger partial charge in [0.2, 0.25) is 0 Å². The lowest BCUT2D eigenvalue weighted by atomic mass is 10.1. The van der Waals surface area contributed by atoms with Crippen molar-refractivity contribution in [3.8, 4) is 0 Å². The zero-order valence-corrected chi connectivity index (χ0v) is 11.1. The fourth-order valence-electron chi connectivity index (χ4n) is 2.01. The van der Waals surface area contributed by atoms with Crippen LogP contribution in [0, 0.1) is 10.1 Å². The number of rotatable bonds is 4. The number of nitrogens with one attached hydrogen (secondary N) is 1. The van der Waals surface area contributed by atoms with Crippen molar-refractivity contribution in [2.24, 2.45) is 0 Å². The molecule has 0 saturated carbocycles. The molecule has 1 heterocycles. The first kappa shape index (κ1) is 14.2. The fourth-order valence-corrected chi connectivity index (χ4v) is 2.01. The van der Waals surface area contributed by atoms with E-state index in [0.29, 0.717) is 5.69 Å². The standard InChI is InChI=1S/C12H16N4O4/c1-14-4-6-15(7-5-14)13-11-3-2-9(16(19)20)8-10(11)12(17)18/h2-3,8,13H,4-7H2,1H3,(H,17,18). The molecule has 0 aliphatic carbocycles. The molecule has 1 aromatic carbocycles. The van der Waals surface area contributed by atoms with E-state index in [1.54, 1.807) is 0 Å². The van der Waals surface area contributed by atoms with Crippen LogP contribution < -0.4 is 5.43 Å². The van der Waals surface area contributed by atoms with Crippen LogP contribution in [0.25, 0.3) is 0 Å². The predicted octanol–water partition coefficient (Wildman–Crippen LogP) is 0.867. The second-order valence-corrected chi connectivity index (χ2v) is 4.69. The van der Waals surface area contributed by atoms with Crippen molar-refractivity contribution in [2.75, 3.05) is 38.7 Å². The monoisotopic (exact) mass is 280 g/mol. The molecule has 1 fully saturated rings.